The van der Waals surface area contributed by atoms with Crippen LogP contribution in [0.25, 0.3) is 11.4 Å². The first-order valence-corrected chi connectivity index (χ1v) is 12.0. The maximum absolute atomic E-state index is 11.0. The summed E-state index contributed by atoms with van der Waals surface area (Å²) in [6.45, 7) is 2.78. The monoisotopic (exact) mass is 492 g/mol. The van der Waals surface area contributed by atoms with E-state index in [4.69, 9.17) is 19.3 Å². The van der Waals surface area contributed by atoms with E-state index in [1.54, 1.807) is 13.2 Å². The number of hydrogen-bond donors (Lipinski definition) is 3. The smallest absolute Gasteiger partial charge is 0.304 e. The van der Waals surface area contributed by atoms with Crippen LogP contribution in [0.5, 0.6) is 0 Å². The molecule has 0 aliphatic heterocycles. The number of nitrogens with zero attached hydrogens (tertiary/aromatic N) is 3. The fourth-order valence-corrected chi connectivity index (χ4v) is 3.94. The van der Waals surface area contributed by atoms with Gasteiger partial charge in [-0.1, -0.05) is 42.5 Å². The van der Waals surface area contributed by atoms with Gasteiger partial charge < -0.3 is 24.4 Å². The Bertz CT molecular complexity index is 878. The molecule has 2 atom stereocenters. The van der Waals surface area contributed by atoms with Crippen LogP contribution in [0, 0.1) is 0 Å². The fourth-order valence-electron chi connectivity index (χ4n) is 2.83. The number of aliphatic hydroxyl groups is 1. The Labute approximate surface area is 203 Å². The number of aliphatic carboxylic acids is 1. The molecule has 11 heteroatoms. The third-order valence-corrected chi connectivity index (χ3v) is 5.79. The Balaban J connectivity index is 1.87. The zero-order valence-electron chi connectivity index (χ0n) is 19.2. The molecule has 0 spiro atoms. The van der Waals surface area contributed by atoms with Crippen LogP contribution < -0.4 is 0 Å². The molecule has 2 rings (SSSR count). The number of thioether (sulfide) groups is 1. The van der Waals surface area contributed by atoms with Gasteiger partial charge in [-0.3, -0.25) is 4.79 Å². The summed E-state index contributed by atoms with van der Waals surface area (Å²) in [5.41, 5.74) is 1.41. The zero-order valence-corrected chi connectivity index (χ0v) is 20.0. The minimum Gasteiger partial charge on any atom is -0.481 e. The number of benzene rings is 1. The van der Waals surface area contributed by atoms with E-state index < -0.39 is 12.1 Å². The van der Waals surface area contributed by atoms with Crippen molar-refractivity contribution in [2.45, 2.75) is 24.2 Å². The van der Waals surface area contributed by atoms with E-state index in [0.29, 0.717) is 50.2 Å². The third kappa shape index (κ3) is 11.0. The molecule has 0 aliphatic rings. The summed E-state index contributed by atoms with van der Waals surface area (Å²) in [6.07, 6.45) is 7.53. The van der Waals surface area contributed by atoms with Gasteiger partial charge in [-0.25, -0.2) is 0 Å². The van der Waals surface area contributed by atoms with Gasteiger partial charge in [0.05, 0.1) is 50.8 Å². The van der Waals surface area contributed by atoms with E-state index in [1.165, 1.54) is 11.8 Å². The number of methoxy groups -OCH3 is 1. The quantitative estimate of drug-likeness (QED) is 0.210. The number of carbonyl (C=O) groups is 1. The average Bonchev–Trinajstić information content (AvgIpc) is 3.38. The van der Waals surface area contributed by atoms with E-state index in [-0.39, 0.29) is 11.7 Å². The predicted molar refractivity (Wildman–Crippen MR) is 129 cm³/mol. The summed E-state index contributed by atoms with van der Waals surface area (Å²) in [4.78, 5) is 10.9. The molecule has 1 heterocycles. The van der Waals surface area contributed by atoms with Gasteiger partial charge in [-0.2, -0.15) is 17.0 Å². The Morgan fingerprint density at radius 2 is 1.97 bits per heavy atom. The normalized spacial score (nSPS) is 13.6. The molecule has 186 valence electrons. The van der Waals surface area contributed by atoms with E-state index in [0.717, 1.165) is 12.0 Å². The van der Waals surface area contributed by atoms with Gasteiger partial charge in [0.25, 0.3) is 0 Å². The summed E-state index contributed by atoms with van der Waals surface area (Å²) in [5, 5.41) is 33.5. The topological polar surface area (TPSA) is 140 Å². The van der Waals surface area contributed by atoms with Crippen molar-refractivity contribution >= 4 is 17.7 Å². The van der Waals surface area contributed by atoms with Gasteiger partial charge in [-0.15, -0.1) is 10.2 Å². The number of carboxylic acids is 1. The van der Waals surface area contributed by atoms with Crippen molar-refractivity contribution in [2.75, 3.05) is 45.9 Å². The highest BCUT2D eigenvalue weighted by Gasteiger charge is 2.20. The second kappa shape index (κ2) is 17.0. The van der Waals surface area contributed by atoms with Gasteiger partial charge >= 0.3 is 5.97 Å². The van der Waals surface area contributed by atoms with Gasteiger partial charge in [0.1, 0.15) is 0 Å². The van der Waals surface area contributed by atoms with Crippen LogP contribution in [0.2, 0.25) is 0 Å². The summed E-state index contributed by atoms with van der Waals surface area (Å²) >= 11 is 1.39. The summed E-state index contributed by atoms with van der Waals surface area (Å²) in [6, 6.07) is 7.27. The minimum atomic E-state index is -0.868. The number of aromatic nitrogens is 4. The second-order valence-electron chi connectivity index (χ2n) is 7.10. The van der Waals surface area contributed by atoms with E-state index in [9.17, 15) is 9.90 Å². The van der Waals surface area contributed by atoms with E-state index >= 15 is 0 Å². The van der Waals surface area contributed by atoms with Crippen molar-refractivity contribution in [2.24, 2.45) is 0 Å². The van der Waals surface area contributed by atoms with Crippen molar-refractivity contribution in [1.82, 2.24) is 20.6 Å². The Hall–Kier alpha value is -2.57. The SMILES string of the molecule is COCCOCCOCC/C=C\C=C\[C@@H](SCCC(=O)O)[C@@H](O)c1cccc(-c2nn[nH]n2)c1. The van der Waals surface area contributed by atoms with Crippen LogP contribution in [-0.2, 0) is 19.0 Å². The molecule has 1 aromatic carbocycles. The van der Waals surface area contributed by atoms with Crippen LogP contribution >= 0.6 is 11.8 Å². The molecule has 10 nitrogen and oxygen atoms in total. The fraction of sp³-hybridized carbons (Fsp3) is 0.478. The highest BCUT2D eigenvalue weighted by molar-refractivity contribution is 8.00. The van der Waals surface area contributed by atoms with Crippen molar-refractivity contribution in [3.8, 4) is 11.4 Å². The number of nitrogens with one attached hydrogen (secondary N) is 1. The van der Waals surface area contributed by atoms with Crippen molar-refractivity contribution in [3.05, 3.63) is 54.1 Å². The first kappa shape index (κ1) is 27.7. The van der Waals surface area contributed by atoms with Crippen molar-refractivity contribution in [3.63, 3.8) is 0 Å². The number of aliphatic hydroxyl groups excluding tert-OH is 1. The minimum absolute atomic E-state index is 0.0208. The molecule has 3 N–H and O–H groups in total. The summed E-state index contributed by atoms with van der Waals surface area (Å²) < 4.78 is 15.7. The van der Waals surface area contributed by atoms with Crippen LogP contribution in [0.1, 0.15) is 24.5 Å². The second-order valence-corrected chi connectivity index (χ2v) is 8.39. The lowest BCUT2D eigenvalue weighted by Gasteiger charge is -2.20. The number of allylic oxidation sites excluding steroid dienone is 2. The molecule has 0 radical (unpaired) electrons. The predicted octanol–water partition coefficient (Wildman–Crippen LogP) is 2.66. The van der Waals surface area contributed by atoms with Gasteiger partial charge in [0, 0.05) is 18.4 Å². The Kier molecular flexibility index (Phi) is 13.8. The Morgan fingerprint density at radius 3 is 2.71 bits per heavy atom. The number of ether oxygens (including phenoxy) is 3. The lowest BCUT2D eigenvalue weighted by atomic mass is 10.0. The van der Waals surface area contributed by atoms with Crippen molar-refractivity contribution in [1.29, 1.82) is 0 Å². The number of hydrogen-bond acceptors (Lipinski definition) is 9. The number of tetrazole rings is 1. The van der Waals surface area contributed by atoms with Crippen molar-refractivity contribution < 1.29 is 29.2 Å². The van der Waals surface area contributed by atoms with Gasteiger partial charge in [-0.05, 0) is 23.3 Å². The molecule has 0 amide bonds. The number of carboxylic acid groups (broad SMARTS) is 1. The highest BCUT2D eigenvalue weighted by atomic mass is 32.2. The zero-order chi connectivity index (χ0) is 24.4. The molecular formula is C23H32N4O6S. The molecule has 0 saturated carbocycles. The number of H-pyrrole nitrogens is 1. The molecule has 1 aromatic heterocycles. The maximum atomic E-state index is 11.0. The summed E-state index contributed by atoms with van der Waals surface area (Å²) in [7, 11) is 1.63. The van der Waals surface area contributed by atoms with E-state index in [1.807, 2.05) is 42.5 Å². The highest BCUT2D eigenvalue weighted by Crippen LogP contribution is 2.30. The molecule has 0 bridgehead atoms. The maximum Gasteiger partial charge on any atom is 0.304 e. The lowest BCUT2D eigenvalue weighted by Crippen LogP contribution is -2.14. The molecule has 0 fully saturated rings. The first-order valence-electron chi connectivity index (χ1n) is 10.9. The molecule has 0 saturated heterocycles. The lowest BCUT2D eigenvalue weighted by molar-refractivity contribution is -0.136. The summed E-state index contributed by atoms with van der Waals surface area (Å²) in [5.74, 6) is -0.0465. The molecule has 0 unspecified atom stereocenters. The van der Waals surface area contributed by atoms with Crippen LogP contribution in [0.4, 0.5) is 0 Å². The van der Waals surface area contributed by atoms with Gasteiger partial charge in [0.2, 0.25) is 5.82 Å². The standard InChI is InChI=1S/C23H32N4O6S/c1-31-12-13-33-15-14-32-11-5-3-2-4-9-20(34-16-10-21(28)29)22(30)18-7-6-8-19(17-18)23-24-26-27-25-23/h2-4,6-9,17,20,22,30H,5,10-16H2,1H3,(H,28,29)(H,24,25,26,27)/b3-2-,9-4+/t20-,22+/m1/s1. The molecule has 2 aromatic rings. The third-order valence-electron chi connectivity index (χ3n) is 4.55. The first-order chi connectivity index (χ1) is 16.6. The van der Waals surface area contributed by atoms with Gasteiger partial charge in [0.15, 0.2) is 0 Å². The number of rotatable bonds is 18. The average molecular weight is 493 g/mol. The molecule has 34 heavy (non-hydrogen) atoms. The Morgan fingerprint density at radius 1 is 1.18 bits per heavy atom. The molecule has 0 aliphatic carbocycles. The van der Waals surface area contributed by atoms with Crippen LogP contribution in [0.15, 0.2) is 48.6 Å². The molecular weight excluding hydrogens is 460 g/mol. The van der Waals surface area contributed by atoms with Crippen LogP contribution in [-0.4, -0.2) is 88.0 Å². The largest absolute Gasteiger partial charge is 0.481 e. The van der Waals surface area contributed by atoms with E-state index in [2.05, 4.69) is 20.6 Å². The number of aromatic amines is 1. The van der Waals surface area contributed by atoms with Crippen LogP contribution in [0.3, 0.4) is 0 Å².